The maximum absolute atomic E-state index is 12.7. The van der Waals surface area contributed by atoms with Gasteiger partial charge in [0.2, 0.25) is 5.91 Å². The van der Waals surface area contributed by atoms with Gasteiger partial charge in [0.15, 0.2) is 0 Å². The SMILES string of the molecule is Cc1c(NC(=O)C2CCCNC2)cccc1C(=O)N1CCOCC1. The number of carbonyl (C=O) groups excluding carboxylic acids is 2. The van der Waals surface area contributed by atoms with E-state index in [0.717, 1.165) is 37.2 Å². The number of ether oxygens (including phenoxy) is 1. The van der Waals surface area contributed by atoms with Crippen LogP contribution in [0.4, 0.5) is 5.69 Å². The Bertz CT molecular complexity index is 606. The van der Waals surface area contributed by atoms with Crippen molar-refractivity contribution in [1.29, 1.82) is 0 Å². The third-order valence-electron chi connectivity index (χ3n) is 4.79. The number of anilines is 1. The quantitative estimate of drug-likeness (QED) is 0.878. The second-order valence-corrected chi connectivity index (χ2v) is 6.42. The summed E-state index contributed by atoms with van der Waals surface area (Å²) in [5.74, 6) is 0.0317. The van der Waals surface area contributed by atoms with Gasteiger partial charge in [-0.15, -0.1) is 0 Å². The number of piperidine rings is 1. The number of benzene rings is 1. The van der Waals surface area contributed by atoms with E-state index in [-0.39, 0.29) is 17.7 Å². The topological polar surface area (TPSA) is 70.7 Å². The number of nitrogens with zero attached hydrogens (tertiary/aromatic N) is 1. The van der Waals surface area contributed by atoms with Gasteiger partial charge in [-0.2, -0.15) is 0 Å². The molecule has 6 heteroatoms. The molecular weight excluding hydrogens is 306 g/mol. The molecule has 0 radical (unpaired) electrons. The Morgan fingerprint density at radius 1 is 1.29 bits per heavy atom. The fraction of sp³-hybridized carbons (Fsp3) is 0.556. The molecule has 1 unspecified atom stereocenters. The molecule has 3 rings (SSSR count). The van der Waals surface area contributed by atoms with E-state index in [9.17, 15) is 9.59 Å². The van der Waals surface area contributed by atoms with Crippen LogP contribution in [0, 0.1) is 12.8 Å². The molecule has 2 amide bonds. The fourth-order valence-corrected chi connectivity index (χ4v) is 3.25. The first-order valence-corrected chi connectivity index (χ1v) is 8.65. The van der Waals surface area contributed by atoms with E-state index in [2.05, 4.69) is 10.6 Å². The van der Waals surface area contributed by atoms with E-state index in [1.165, 1.54) is 0 Å². The first-order valence-electron chi connectivity index (χ1n) is 8.65. The van der Waals surface area contributed by atoms with E-state index < -0.39 is 0 Å². The molecule has 6 nitrogen and oxygen atoms in total. The van der Waals surface area contributed by atoms with E-state index >= 15 is 0 Å². The molecule has 2 N–H and O–H groups in total. The second-order valence-electron chi connectivity index (χ2n) is 6.42. The summed E-state index contributed by atoms with van der Waals surface area (Å²) in [6, 6.07) is 5.51. The molecule has 1 aromatic rings. The highest BCUT2D eigenvalue weighted by Gasteiger charge is 2.24. The van der Waals surface area contributed by atoms with Crippen molar-refractivity contribution in [3.63, 3.8) is 0 Å². The standard InChI is InChI=1S/C18H25N3O3/c1-13-15(18(23)21-8-10-24-11-9-21)5-2-6-16(13)20-17(22)14-4-3-7-19-12-14/h2,5-6,14,19H,3-4,7-12H2,1H3,(H,20,22). The number of amides is 2. The van der Waals surface area contributed by atoms with Crippen molar-refractivity contribution >= 4 is 17.5 Å². The lowest BCUT2D eigenvalue weighted by molar-refractivity contribution is -0.120. The summed E-state index contributed by atoms with van der Waals surface area (Å²) in [6.45, 7) is 5.98. The first kappa shape index (κ1) is 16.9. The van der Waals surface area contributed by atoms with Crippen LogP contribution in [0.15, 0.2) is 18.2 Å². The third-order valence-corrected chi connectivity index (χ3v) is 4.79. The van der Waals surface area contributed by atoms with E-state index in [1.54, 1.807) is 0 Å². The van der Waals surface area contributed by atoms with Gasteiger partial charge in [-0.25, -0.2) is 0 Å². The lowest BCUT2D eigenvalue weighted by Gasteiger charge is -2.28. The number of rotatable bonds is 3. The van der Waals surface area contributed by atoms with Crippen molar-refractivity contribution in [3.05, 3.63) is 29.3 Å². The molecule has 0 aromatic heterocycles. The normalized spacial score (nSPS) is 21.4. The molecule has 1 atom stereocenters. The van der Waals surface area contributed by atoms with Gasteiger partial charge >= 0.3 is 0 Å². The number of morpholine rings is 1. The zero-order chi connectivity index (χ0) is 16.9. The van der Waals surface area contributed by atoms with Gasteiger partial charge in [0.05, 0.1) is 19.1 Å². The van der Waals surface area contributed by atoms with Crippen molar-refractivity contribution in [2.75, 3.05) is 44.7 Å². The van der Waals surface area contributed by atoms with Gasteiger partial charge in [-0.05, 0) is 44.0 Å². The summed E-state index contributed by atoms with van der Waals surface area (Å²) in [6.07, 6.45) is 1.93. The van der Waals surface area contributed by atoms with Crippen molar-refractivity contribution in [2.24, 2.45) is 5.92 Å². The van der Waals surface area contributed by atoms with Crippen LogP contribution in [0.3, 0.4) is 0 Å². The Kier molecular flexibility index (Phi) is 5.48. The van der Waals surface area contributed by atoms with Crippen LogP contribution in [0.2, 0.25) is 0 Å². The predicted octanol–water partition coefficient (Wildman–Crippen LogP) is 1.41. The fourth-order valence-electron chi connectivity index (χ4n) is 3.25. The number of hydrogen-bond donors (Lipinski definition) is 2. The van der Waals surface area contributed by atoms with Crippen LogP contribution in [-0.2, 0) is 9.53 Å². The monoisotopic (exact) mass is 331 g/mol. The van der Waals surface area contributed by atoms with Gasteiger partial charge in [-0.3, -0.25) is 9.59 Å². The highest BCUT2D eigenvalue weighted by Crippen LogP contribution is 2.22. The maximum atomic E-state index is 12.7. The summed E-state index contributed by atoms with van der Waals surface area (Å²) in [4.78, 5) is 27.0. The zero-order valence-corrected chi connectivity index (χ0v) is 14.1. The van der Waals surface area contributed by atoms with E-state index in [1.807, 2.05) is 30.0 Å². The second kappa shape index (κ2) is 7.77. The van der Waals surface area contributed by atoms with Gasteiger partial charge in [0.1, 0.15) is 0 Å². The molecule has 2 heterocycles. The van der Waals surface area contributed by atoms with Crippen LogP contribution in [0.1, 0.15) is 28.8 Å². The molecule has 0 aliphatic carbocycles. The molecule has 2 aliphatic rings. The molecule has 130 valence electrons. The average Bonchev–Trinajstić information content (AvgIpc) is 2.64. The Morgan fingerprint density at radius 3 is 2.79 bits per heavy atom. The lowest BCUT2D eigenvalue weighted by atomic mass is 9.98. The minimum Gasteiger partial charge on any atom is -0.378 e. The van der Waals surface area contributed by atoms with Crippen LogP contribution in [0.5, 0.6) is 0 Å². The predicted molar refractivity (Wildman–Crippen MR) is 92.1 cm³/mol. The first-order chi connectivity index (χ1) is 11.7. The zero-order valence-electron chi connectivity index (χ0n) is 14.1. The molecular formula is C18H25N3O3. The molecule has 0 saturated carbocycles. The van der Waals surface area contributed by atoms with Gasteiger partial charge < -0.3 is 20.3 Å². The highest BCUT2D eigenvalue weighted by atomic mass is 16.5. The molecule has 0 bridgehead atoms. The molecule has 2 saturated heterocycles. The average molecular weight is 331 g/mol. The van der Waals surface area contributed by atoms with Gasteiger partial charge in [0.25, 0.3) is 5.91 Å². The number of nitrogens with one attached hydrogen (secondary N) is 2. The highest BCUT2D eigenvalue weighted by molar-refractivity contribution is 5.99. The summed E-state index contributed by atoms with van der Waals surface area (Å²) < 4.78 is 5.30. The molecule has 2 aliphatic heterocycles. The summed E-state index contributed by atoms with van der Waals surface area (Å²) in [5.41, 5.74) is 2.20. The van der Waals surface area contributed by atoms with E-state index in [4.69, 9.17) is 4.74 Å². The lowest BCUT2D eigenvalue weighted by Crippen LogP contribution is -2.41. The summed E-state index contributed by atoms with van der Waals surface area (Å²) >= 11 is 0. The Morgan fingerprint density at radius 2 is 2.08 bits per heavy atom. The molecule has 24 heavy (non-hydrogen) atoms. The van der Waals surface area contributed by atoms with E-state index in [0.29, 0.717) is 31.9 Å². The van der Waals surface area contributed by atoms with Gasteiger partial charge in [-0.1, -0.05) is 6.07 Å². The molecule has 2 fully saturated rings. The van der Waals surface area contributed by atoms with Crippen LogP contribution in [-0.4, -0.2) is 56.1 Å². The molecule has 1 aromatic carbocycles. The molecule has 0 spiro atoms. The minimum absolute atomic E-state index is 0.00301. The minimum atomic E-state index is -0.00301. The maximum Gasteiger partial charge on any atom is 0.254 e. The Hall–Kier alpha value is -1.92. The Balaban J connectivity index is 1.72. The van der Waals surface area contributed by atoms with Crippen LogP contribution in [0.25, 0.3) is 0 Å². The van der Waals surface area contributed by atoms with Crippen molar-refractivity contribution in [2.45, 2.75) is 19.8 Å². The summed E-state index contributed by atoms with van der Waals surface area (Å²) in [7, 11) is 0. The Labute approximate surface area is 142 Å². The smallest absolute Gasteiger partial charge is 0.254 e. The van der Waals surface area contributed by atoms with Crippen molar-refractivity contribution < 1.29 is 14.3 Å². The third kappa shape index (κ3) is 3.76. The van der Waals surface area contributed by atoms with Gasteiger partial charge in [0, 0.05) is 30.9 Å². The van der Waals surface area contributed by atoms with Crippen molar-refractivity contribution in [1.82, 2.24) is 10.2 Å². The van der Waals surface area contributed by atoms with Crippen LogP contribution >= 0.6 is 0 Å². The summed E-state index contributed by atoms with van der Waals surface area (Å²) in [5, 5.41) is 6.26. The van der Waals surface area contributed by atoms with Crippen LogP contribution < -0.4 is 10.6 Å². The van der Waals surface area contributed by atoms with Crippen molar-refractivity contribution in [3.8, 4) is 0 Å². The number of carbonyl (C=O) groups is 2. The largest absolute Gasteiger partial charge is 0.378 e. The number of hydrogen-bond acceptors (Lipinski definition) is 4.